The van der Waals surface area contributed by atoms with Crippen molar-refractivity contribution in [3.8, 4) is 0 Å². The summed E-state index contributed by atoms with van der Waals surface area (Å²) in [4.78, 5) is 3.26. The quantitative estimate of drug-likeness (QED) is 0.146. The lowest BCUT2D eigenvalue weighted by molar-refractivity contribution is -0.320. The van der Waals surface area contributed by atoms with Crippen LogP contribution < -0.4 is 0 Å². The molecule has 21 atom stereocenters. The largest absolute Gasteiger partial charge is 0.487 e. The van der Waals surface area contributed by atoms with E-state index in [1.807, 2.05) is 0 Å². The SMILES string of the molecule is C=C1OC(COF)C(O)C(O)C1O.CC(C)CCC(O)[C@@H](C)C1C(C)CC2C3CCC4CC(OC5OC(CO)C(O)C(O)C5O)CC(O)C4(C)C3CCC21C. The summed E-state index contributed by atoms with van der Waals surface area (Å²) >= 11 is 0. The lowest BCUT2D eigenvalue weighted by Crippen LogP contribution is -2.62. The van der Waals surface area contributed by atoms with Gasteiger partial charge in [0.2, 0.25) is 0 Å². The van der Waals surface area contributed by atoms with E-state index < -0.39 is 74.4 Å². The van der Waals surface area contributed by atoms with Crippen LogP contribution >= 0.6 is 0 Å². The van der Waals surface area contributed by atoms with Gasteiger partial charge in [-0.1, -0.05) is 48.1 Å². The molecule has 2 aliphatic heterocycles. The van der Waals surface area contributed by atoms with Crippen molar-refractivity contribution in [3.63, 3.8) is 0 Å². The molecule has 320 valence electrons. The minimum absolute atomic E-state index is 0.111. The van der Waals surface area contributed by atoms with Crippen molar-refractivity contribution < 1.29 is 69.6 Å². The Labute approximate surface area is 325 Å². The third-order valence-electron chi connectivity index (χ3n) is 15.5. The Morgan fingerprint density at radius 3 is 2.16 bits per heavy atom. The molecule has 55 heavy (non-hydrogen) atoms. The average Bonchev–Trinajstić information content (AvgIpc) is 3.42. The molecule has 0 aromatic rings. The first-order valence-corrected chi connectivity index (χ1v) is 20.8. The summed E-state index contributed by atoms with van der Waals surface area (Å²) in [6.07, 6.45) is -4.05. The van der Waals surface area contributed by atoms with Crippen LogP contribution in [0.15, 0.2) is 12.3 Å². The van der Waals surface area contributed by atoms with Crippen LogP contribution in [0.25, 0.3) is 0 Å². The van der Waals surface area contributed by atoms with E-state index in [1.165, 1.54) is 6.42 Å². The van der Waals surface area contributed by atoms with Crippen LogP contribution in [0.3, 0.4) is 0 Å². The van der Waals surface area contributed by atoms with Crippen LogP contribution in [-0.2, 0) is 19.2 Å². The van der Waals surface area contributed by atoms with E-state index in [4.69, 9.17) is 19.3 Å². The molecule has 4 saturated carbocycles. The maximum Gasteiger partial charge on any atom is 0.186 e. The first-order valence-electron chi connectivity index (χ1n) is 20.8. The average molecular weight is 791 g/mol. The van der Waals surface area contributed by atoms with E-state index >= 15 is 0 Å². The normalized spacial score (nSPS) is 49.5. The molecule has 6 rings (SSSR count). The first kappa shape index (κ1) is 45.1. The molecule has 0 aromatic heterocycles. The van der Waals surface area contributed by atoms with Crippen LogP contribution in [0.4, 0.5) is 4.53 Å². The number of halogens is 1. The summed E-state index contributed by atoms with van der Waals surface area (Å²) in [6.45, 7) is 16.3. The van der Waals surface area contributed by atoms with Gasteiger partial charge in [-0.25, -0.2) is 0 Å². The van der Waals surface area contributed by atoms with Gasteiger partial charge in [0.15, 0.2) is 12.4 Å². The lowest BCUT2D eigenvalue weighted by Gasteiger charge is -2.62. The van der Waals surface area contributed by atoms with Crippen LogP contribution in [0.1, 0.15) is 99.3 Å². The molecule has 14 heteroatoms. The van der Waals surface area contributed by atoms with Gasteiger partial charge >= 0.3 is 0 Å². The number of fused-ring (bicyclic) bond motifs is 5. The Kier molecular flexibility index (Phi) is 14.8. The van der Waals surface area contributed by atoms with E-state index in [0.29, 0.717) is 41.9 Å². The molecule has 0 bridgehead atoms. The third kappa shape index (κ3) is 8.68. The first-order chi connectivity index (χ1) is 25.8. The van der Waals surface area contributed by atoms with Gasteiger partial charge < -0.3 is 60.2 Å². The molecule has 0 spiro atoms. The van der Waals surface area contributed by atoms with Gasteiger partial charge in [0.05, 0.1) is 24.9 Å². The second-order valence-corrected chi connectivity index (χ2v) is 19.0. The molecule has 2 saturated heterocycles. The van der Waals surface area contributed by atoms with Crippen molar-refractivity contribution in [2.75, 3.05) is 13.2 Å². The molecule has 9 N–H and O–H groups in total. The summed E-state index contributed by atoms with van der Waals surface area (Å²) < 4.78 is 28.0. The number of hydrogen-bond donors (Lipinski definition) is 9. The van der Waals surface area contributed by atoms with Crippen molar-refractivity contribution in [2.24, 2.45) is 58.2 Å². The second-order valence-electron chi connectivity index (χ2n) is 19.0. The Balaban J connectivity index is 0.000000378. The number of hydrogen-bond acceptors (Lipinski definition) is 13. The smallest absolute Gasteiger partial charge is 0.186 e. The molecule has 0 aromatic carbocycles. The Morgan fingerprint density at radius 1 is 0.855 bits per heavy atom. The van der Waals surface area contributed by atoms with Crippen molar-refractivity contribution in [2.45, 2.75) is 173 Å². The summed E-state index contributed by atoms with van der Waals surface area (Å²) in [5.41, 5.74) is 0.0135. The minimum atomic E-state index is -1.47. The molecular formula is C41H71FO13. The van der Waals surface area contributed by atoms with Gasteiger partial charge in [0.25, 0.3) is 0 Å². The number of rotatable bonds is 10. The fourth-order valence-electron chi connectivity index (χ4n) is 12.4. The summed E-state index contributed by atoms with van der Waals surface area (Å²) in [5, 5.41) is 91.0. The Morgan fingerprint density at radius 2 is 1.53 bits per heavy atom. The molecule has 6 aliphatic rings. The van der Waals surface area contributed by atoms with Crippen LogP contribution in [0.5, 0.6) is 0 Å². The number of aliphatic hydroxyl groups is 9. The molecule has 20 unspecified atom stereocenters. The fourth-order valence-corrected chi connectivity index (χ4v) is 12.4. The fraction of sp³-hybridized carbons (Fsp3) is 0.951. The molecule has 13 nitrogen and oxygen atoms in total. The van der Waals surface area contributed by atoms with Gasteiger partial charge in [-0.3, -0.25) is 0 Å². The van der Waals surface area contributed by atoms with Gasteiger partial charge in [0, 0.05) is 6.42 Å². The van der Waals surface area contributed by atoms with Crippen LogP contribution in [0, 0.1) is 58.2 Å². The van der Waals surface area contributed by atoms with Crippen molar-refractivity contribution in [1.82, 2.24) is 0 Å². The minimum Gasteiger partial charge on any atom is -0.487 e. The predicted molar refractivity (Wildman–Crippen MR) is 198 cm³/mol. The highest BCUT2D eigenvalue weighted by atomic mass is 19.3. The van der Waals surface area contributed by atoms with E-state index in [1.54, 1.807) is 0 Å². The highest BCUT2D eigenvalue weighted by Crippen LogP contribution is 2.69. The zero-order valence-corrected chi connectivity index (χ0v) is 33.6. The zero-order valence-electron chi connectivity index (χ0n) is 33.6. The van der Waals surface area contributed by atoms with Gasteiger partial charge in [0.1, 0.15) is 55.1 Å². The van der Waals surface area contributed by atoms with Crippen molar-refractivity contribution in [1.29, 1.82) is 0 Å². The molecule has 4 aliphatic carbocycles. The summed E-state index contributed by atoms with van der Waals surface area (Å²) in [5.74, 6) is 3.81. The molecule has 6 fully saturated rings. The second kappa shape index (κ2) is 18.1. The monoisotopic (exact) mass is 790 g/mol. The topological polar surface area (TPSA) is 219 Å². The van der Waals surface area contributed by atoms with Crippen molar-refractivity contribution in [3.05, 3.63) is 12.3 Å². The molecule has 0 amide bonds. The Hall–Kier alpha value is -1.01. The Bertz CT molecular complexity index is 1260. The van der Waals surface area contributed by atoms with E-state index in [2.05, 4.69) is 53.1 Å². The summed E-state index contributed by atoms with van der Waals surface area (Å²) in [6, 6.07) is 0. The lowest BCUT2D eigenvalue weighted by atomic mass is 9.43. The molecule has 0 radical (unpaired) electrons. The third-order valence-corrected chi connectivity index (χ3v) is 15.5. The van der Waals surface area contributed by atoms with E-state index in [-0.39, 0.29) is 40.6 Å². The van der Waals surface area contributed by atoms with Gasteiger partial charge in [-0.2, -0.15) is 4.94 Å². The molecular weight excluding hydrogens is 719 g/mol. The van der Waals surface area contributed by atoms with Crippen LogP contribution in [0.2, 0.25) is 0 Å². The van der Waals surface area contributed by atoms with E-state index in [9.17, 15) is 45.4 Å². The highest BCUT2D eigenvalue weighted by molar-refractivity contribution is 5.13. The van der Waals surface area contributed by atoms with Crippen LogP contribution in [-0.4, -0.2) is 133 Å². The maximum atomic E-state index is 11.8. The maximum absolute atomic E-state index is 11.8. The highest BCUT2D eigenvalue weighted by Gasteiger charge is 2.64. The van der Waals surface area contributed by atoms with Gasteiger partial charge in [-0.05, 0) is 114 Å². The zero-order chi connectivity index (χ0) is 40.7. The van der Waals surface area contributed by atoms with Crippen molar-refractivity contribution >= 4 is 0 Å². The summed E-state index contributed by atoms with van der Waals surface area (Å²) in [7, 11) is 0. The standard InChI is InChI=1S/C34H60O8.C7H11FO5/c1-17(2)7-10-25(36)19(4)28-18(3)13-24-22-9-8-20-14-21(41-32-31(40)30(39)29(38)26(16-35)42-32)15-27(37)34(20,6)23(22)11-12-33(24,28)5;1-3-5(9)7(11)6(10)4(13-3)2-12-8/h17-32,35-40H,7-16H2,1-6H3;4-7,9-11H,1-2H2/t18?,19-,20?,21?,22?,23?,24?,25?,26?,27?,28?,29?,30?,31?,32?,33?,34?;/m1./s1. The van der Waals surface area contributed by atoms with Gasteiger partial charge in [-0.15, -0.1) is 0 Å². The molecule has 2 heterocycles. The van der Waals surface area contributed by atoms with E-state index in [0.717, 1.165) is 44.9 Å². The number of aliphatic hydroxyl groups excluding tert-OH is 9. The predicted octanol–water partition coefficient (Wildman–Crippen LogP) is 2.36. The number of ether oxygens (including phenoxy) is 3.